The van der Waals surface area contributed by atoms with E-state index in [1.54, 1.807) is 0 Å². The van der Waals surface area contributed by atoms with Crippen LogP contribution in [0.5, 0.6) is 0 Å². The first kappa shape index (κ1) is 10.3. The molecular formula is C7H6F3N3O. The van der Waals surface area contributed by atoms with Crippen molar-refractivity contribution in [2.75, 3.05) is 5.73 Å². The molecule has 76 valence electrons. The van der Waals surface area contributed by atoms with Crippen molar-refractivity contribution in [3.05, 3.63) is 23.5 Å². The van der Waals surface area contributed by atoms with Crippen LogP contribution in [0.1, 0.15) is 16.2 Å². The Morgan fingerprint density at radius 2 is 1.93 bits per heavy atom. The van der Waals surface area contributed by atoms with Gasteiger partial charge in [0.1, 0.15) is 5.69 Å². The number of alkyl halides is 3. The van der Waals surface area contributed by atoms with Gasteiger partial charge in [-0.3, -0.25) is 4.79 Å². The van der Waals surface area contributed by atoms with Crippen molar-refractivity contribution in [3.63, 3.8) is 0 Å². The van der Waals surface area contributed by atoms with Gasteiger partial charge in [0.05, 0.1) is 5.69 Å². The Morgan fingerprint density at radius 1 is 1.36 bits per heavy atom. The lowest BCUT2D eigenvalue weighted by atomic mass is 10.2. The summed E-state index contributed by atoms with van der Waals surface area (Å²) in [6, 6.07) is 1.62. The van der Waals surface area contributed by atoms with Gasteiger partial charge in [-0.05, 0) is 12.1 Å². The summed E-state index contributed by atoms with van der Waals surface area (Å²) in [7, 11) is 0. The highest BCUT2D eigenvalue weighted by Crippen LogP contribution is 2.28. The molecule has 14 heavy (non-hydrogen) atoms. The molecule has 1 aromatic rings. The minimum atomic E-state index is -4.61. The van der Waals surface area contributed by atoms with Crippen molar-refractivity contribution in [3.8, 4) is 0 Å². The maximum Gasteiger partial charge on any atom is 0.433 e. The lowest BCUT2D eigenvalue weighted by molar-refractivity contribution is -0.141. The Balaban J connectivity index is 3.27. The Bertz CT molecular complexity index is 375. The van der Waals surface area contributed by atoms with Gasteiger partial charge in [0.15, 0.2) is 5.69 Å². The van der Waals surface area contributed by atoms with Crippen LogP contribution >= 0.6 is 0 Å². The second kappa shape index (κ2) is 3.17. The maximum atomic E-state index is 12.1. The first-order chi connectivity index (χ1) is 6.32. The molecular weight excluding hydrogens is 199 g/mol. The summed E-state index contributed by atoms with van der Waals surface area (Å²) in [5.74, 6) is -1.09. The summed E-state index contributed by atoms with van der Waals surface area (Å²) in [6.45, 7) is 0. The molecule has 0 atom stereocenters. The number of rotatable bonds is 1. The molecule has 1 amide bonds. The zero-order valence-electron chi connectivity index (χ0n) is 6.80. The SMILES string of the molecule is NC(=O)c1nc(C(F)(F)F)ccc1N. The highest BCUT2D eigenvalue weighted by Gasteiger charge is 2.33. The monoisotopic (exact) mass is 205 g/mol. The van der Waals surface area contributed by atoms with Crippen molar-refractivity contribution in [1.29, 1.82) is 0 Å². The Kier molecular flexibility index (Phi) is 2.33. The number of carbonyl (C=O) groups excluding carboxylic acids is 1. The third kappa shape index (κ3) is 1.93. The molecule has 4 nitrogen and oxygen atoms in total. The van der Waals surface area contributed by atoms with Crippen molar-refractivity contribution in [1.82, 2.24) is 4.98 Å². The molecule has 0 saturated carbocycles. The van der Waals surface area contributed by atoms with E-state index in [0.717, 1.165) is 6.07 Å². The Labute approximate surface area is 76.7 Å². The number of aromatic nitrogens is 1. The second-order valence-corrected chi connectivity index (χ2v) is 2.50. The smallest absolute Gasteiger partial charge is 0.397 e. The minimum absolute atomic E-state index is 0.175. The first-order valence-corrected chi connectivity index (χ1v) is 3.46. The number of hydrogen-bond donors (Lipinski definition) is 2. The molecule has 0 fully saturated rings. The van der Waals surface area contributed by atoms with Crippen LogP contribution in [0.4, 0.5) is 18.9 Å². The molecule has 0 aromatic carbocycles. The van der Waals surface area contributed by atoms with Gasteiger partial charge in [-0.1, -0.05) is 0 Å². The van der Waals surface area contributed by atoms with Crippen LogP contribution in [0.25, 0.3) is 0 Å². The number of primary amides is 1. The van der Waals surface area contributed by atoms with E-state index in [2.05, 4.69) is 4.98 Å². The zero-order valence-corrected chi connectivity index (χ0v) is 6.80. The van der Waals surface area contributed by atoms with Gasteiger partial charge < -0.3 is 11.5 Å². The van der Waals surface area contributed by atoms with Crippen LogP contribution in [0, 0.1) is 0 Å². The molecule has 4 N–H and O–H groups in total. The minimum Gasteiger partial charge on any atom is -0.397 e. The van der Waals surface area contributed by atoms with E-state index in [0.29, 0.717) is 6.07 Å². The van der Waals surface area contributed by atoms with Crippen LogP contribution in [-0.2, 0) is 6.18 Å². The standard InChI is InChI=1S/C7H6F3N3O/c8-7(9,10)4-2-1-3(11)5(13-4)6(12)14/h1-2H,11H2,(H2,12,14). The molecule has 0 spiro atoms. The molecule has 0 aliphatic carbocycles. The quantitative estimate of drug-likeness (QED) is 0.710. The summed E-state index contributed by atoms with van der Waals surface area (Å²) < 4.78 is 36.3. The topological polar surface area (TPSA) is 82.0 Å². The molecule has 1 heterocycles. The number of anilines is 1. The number of hydrogen-bond acceptors (Lipinski definition) is 3. The predicted octanol–water partition coefficient (Wildman–Crippen LogP) is 0.782. The van der Waals surface area contributed by atoms with E-state index in [4.69, 9.17) is 11.5 Å². The van der Waals surface area contributed by atoms with Gasteiger partial charge in [0, 0.05) is 0 Å². The molecule has 0 aliphatic rings. The van der Waals surface area contributed by atoms with Crippen LogP contribution < -0.4 is 11.5 Å². The number of pyridine rings is 1. The Hall–Kier alpha value is -1.79. The second-order valence-electron chi connectivity index (χ2n) is 2.50. The molecule has 0 unspecified atom stereocenters. The van der Waals surface area contributed by atoms with Gasteiger partial charge >= 0.3 is 6.18 Å². The molecule has 1 rings (SSSR count). The average molecular weight is 205 g/mol. The van der Waals surface area contributed by atoms with Crippen LogP contribution in [0.15, 0.2) is 12.1 Å². The normalized spacial score (nSPS) is 11.4. The highest BCUT2D eigenvalue weighted by atomic mass is 19.4. The van der Waals surface area contributed by atoms with E-state index in [1.165, 1.54) is 0 Å². The van der Waals surface area contributed by atoms with E-state index < -0.39 is 23.5 Å². The highest BCUT2D eigenvalue weighted by molar-refractivity contribution is 5.95. The van der Waals surface area contributed by atoms with Crippen molar-refractivity contribution < 1.29 is 18.0 Å². The van der Waals surface area contributed by atoms with Gasteiger partial charge in [-0.2, -0.15) is 13.2 Å². The fourth-order valence-electron chi connectivity index (χ4n) is 0.825. The van der Waals surface area contributed by atoms with Gasteiger partial charge in [0.2, 0.25) is 0 Å². The molecule has 1 aromatic heterocycles. The van der Waals surface area contributed by atoms with Gasteiger partial charge in [-0.15, -0.1) is 0 Å². The number of nitrogens with zero attached hydrogens (tertiary/aromatic N) is 1. The van der Waals surface area contributed by atoms with Crippen molar-refractivity contribution in [2.24, 2.45) is 5.73 Å². The largest absolute Gasteiger partial charge is 0.433 e. The lowest BCUT2D eigenvalue weighted by Gasteiger charge is -2.07. The first-order valence-electron chi connectivity index (χ1n) is 3.46. The molecule has 0 aliphatic heterocycles. The molecule has 0 saturated heterocycles. The molecule has 0 bridgehead atoms. The van der Waals surface area contributed by atoms with Crippen LogP contribution in [0.3, 0.4) is 0 Å². The summed E-state index contributed by atoms with van der Waals surface area (Å²) in [5.41, 5.74) is 8.04. The fourth-order valence-corrected chi connectivity index (χ4v) is 0.825. The third-order valence-corrected chi connectivity index (χ3v) is 1.45. The number of halogens is 3. The van der Waals surface area contributed by atoms with Gasteiger partial charge in [0.25, 0.3) is 5.91 Å². The van der Waals surface area contributed by atoms with E-state index in [9.17, 15) is 18.0 Å². The van der Waals surface area contributed by atoms with Crippen LogP contribution in [0.2, 0.25) is 0 Å². The summed E-state index contributed by atoms with van der Waals surface area (Å²) in [6.07, 6.45) is -4.61. The third-order valence-electron chi connectivity index (χ3n) is 1.45. The van der Waals surface area contributed by atoms with Crippen molar-refractivity contribution in [2.45, 2.75) is 6.18 Å². The zero-order chi connectivity index (χ0) is 10.9. The van der Waals surface area contributed by atoms with Crippen molar-refractivity contribution >= 4 is 11.6 Å². The predicted molar refractivity (Wildman–Crippen MR) is 42.2 cm³/mol. The van der Waals surface area contributed by atoms with E-state index >= 15 is 0 Å². The average Bonchev–Trinajstić information content (AvgIpc) is 2.02. The fraction of sp³-hybridized carbons (Fsp3) is 0.143. The lowest BCUT2D eigenvalue weighted by Crippen LogP contribution is -2.19. The number of amides is 1. The summed E-state index contributed by atoms with van der Waals surface area (Å²) in [4.78, 5) is 13.6. The van der Waals surface area contributed by atoms with E-state index in [-0.39, 0.29) is 5.69 Å². The Morgan fingerprint density at radius 3 is 2.36 bits per heavy atom. The van der Waals surface area contributed by atoms with Crippen LogP contribution in [-0.4, -0.2) is 10.9 Å². The summed E-state index contributed by atoms with van der Waals surface area (Å²) >= 11 is 0. The number of nitrogens with two attached hydrogens (primary N) is 2. The molecule has 0 radical (unpaired) electrons. The maximum absolute atomic E-state index is 12.1. The van der Waals surface area contributed by atoms with E-state index in [1.807, 2.05) is 0 Å². The summed E-state index contributed by atoms with van der Waals surface area (Å²) in [5, 5.41) is 0. The number of nitrogen functional groups attached to an aromatic ring is 1. The number of carbonyl (C=O) groups is 1. The molecule has 7 heteroatoms. The van der Waals surface area contributed by atoms with Gasteiger partial charge in [-0.25, -0.2) is 4.98 Å².